The van der Waals surface area contributed by atoms with Gasteiger partial charge in [-0.15, -0.1) is 0 Å². The lowest BCUT2D eigenvalue weighted by atomic mass is 10.1. The molecule has 1 aliphatic rings. The molecule has 0 spiro atoms. The molecule has 2 heteroatoms. The minimum Gasteiger partial charge on any atom is -0.547 e. The molecule has 1 nitrogen and oxygen atoms in total. The molecule has 0 heterocycles. The monoisotopic (exact) mass is 196 g/mol. The van der Waals surface area contributed by atoms with E-state index < -0.39 is 8.32 Å². The fourth-order valence-corrected chi connectivity index (χ4v) is 2.45. The van der Waals surface area contributed by atoms with E-state index in [1.54, 1.807) is 0 Å². The minimum atomic E-state index is -1.39. The van der Waals surface area contributed by atoms with Crippen LogP contribution in [0.15, 0.2) is 23.5 Å². The van der Waals surface area contributed by atoms with Gasteiger partial charge in [0.2, 0.25) is 8.32 Å². The Kier molecular flexibility index (Phi) is 3.37. The molecule has 0 aliphatic heterocycles. The smallest absolute Gasteiger partial charge is 0.241 e. The molecule has 0 N–H and O–H groups in total. The predicted molar refractivity (Wildman–Crippen MR) is 60.1 cm³/mol. The minimum absolute atomic E-state index is 1.01. The molecule has 0 radical (unpaired) electrons. The summed E-state index contributed by atoms with van der Waals surface area (Å²) in [5, 5.41) is 0. The maximum Gasteiger partial charge on any atom is 0.241 e. The molecule has 0 saturated heterocycles. The van der Waals surface area contributed by atoms with Gasteiger partial charge in [0.1, 0.15) is 0 Å². The Morgan fingerprint density at radius 2 is 2.08 bits per heavy atom. The topological polar surface area (TPSA) is 9.23 Å². The van der Waals surface area contributed by atoms with Gasteiger partial charge < -0.3 is 4.43 Å². The molecule has 0 aromatic heterocycles. The van der Waals surface area contributed by atoms with Crippen molar-refractivity contribution in [2.24, 2.45) is 0 Å². The van der Waals surface area contributed by atoms with Gasteiger partial charge in [-0.05, 0) is 31.6 Å². The Hall–Kier alpha value is -0.503. The van der Waals surface area contributed by atoms with E-state index in [1.807, 2.05) is 0 Å². The molecule has 0 unspecified atom stereocenters. The van der Waals surface area contributed by atoms with E-state index in [9.17, 15) is 0 Å². The maximum absolute atomic E-state index is 6.02. The number of hydrogen-bond acceptors (Lipinski definition) is 1. The third kappa shape index (κ3) is 3.39. The van der Waals surface area contributed by atoms with Crippen LogP contribution in [0, 0.1) is 0 Å². The van der Waals surface area contributed by atoms with E-state index in [2.05, 4.69) is 38.7 Å². The average Bonchev–Trinajstić information content (AvgIpc) is 2.34. The lowest BCUT2D eigenvalue weighted by Gasteiger charge is -2.21. The molecule has 0 atom stereocenters. The lowest BCUT2D eigenvalue weighted by Crippen LogP contribution is -2.24. The van der Waals surface area contributed by atoms with Gasteiger partial charge in [0.25, 0.3) is 0 Å². The highest BCUT2D eigenvalue weighted by Gasteiger charge is 2.20. The van der Waals surface area contributed by atoms with Crippen LogP contribution < -0.4 is 0 Å². The highest BCUT2D eigenvalue weighted by atomic mass is 28.4. The van der Waals surface area contributed by atoms with Crippen LogP contribution in [0.3, 0.4) is 0 Å². The highest BCUT2D eigenvalue weighted by molar-refractivity contribution is 6.70. The van der Waals surface area contributed by atoms with Gasteiger partial charge in [-0.1, -0.05) is 25.5 Å². The van der Waals surface area contributed by atoms with E-state index in [1.165, 1.54) is 17.8 Å². The van der Waals surface area contributed by atoms with Crippen molar-refractivity contribution in [2.75, 3.05) is 0 Å². The predicted octanol–water partition coefficient (Wildman–Crippen LogP) is 3.85. The third-order valence-electron chi connectivity index (χ3n) is 1.93. The molecule has 0 fully saturated rings. The zero-order valence-electron chi connectivity index (χ0n) is 9.18. The van der Waals surface area contributed by atoms with Crippen molar-refractivity contribution in [3.05, 3.63) is 23.5 Å². The summed E-state index contributed by atoms with van der Waals surface area (Å²) in [7, 11) is -1.39. The fraction of sp³-hybridized carbons (Fsp3) is 0.636. The Morgan fingerprint density at radius 1 is 1.38 bits per heavy atom. The second-order valence-corrected chi connectivity index (χ2v) is 8.95. The van der Waals surface area contributed by atoms with Crippen LogP contribution in [-0.4, -0.2) is 8.32 Å². The van der Waals surface area contributed by atoms with E-state index in [0.29, 0.717) is 0 Å². The van der Waals surface area contributed by atoms with Crippen LogP contribution in [0.25, 0.3) is 0 Å². The Labute approximate surface area is 82.6 Å². The molecule has 0 saturated carbocycles. The largest absolute Gasteiger partial charge is 0.547 e. The lowest BCUT2D eigenvalue weighted by molar-refractivity contribution is 0.408. The summed E-state index contributed by atoms with van der Waals surface area (Å²) in [5.41, 5.74) is 1.42. The summed E-state index contributed by atoms with van der Waals surface area (Å²) in [5.74, 6) is 1.24. The zero-order valence-corrected chi connectivity index (χ0v) is 10.2. The van der Waals surface area contributed by atoms with Crippen molar-refractivity contribution in [1.29, 1.82) is 0 Å². The van der Waals surface area contributed by atoms with Gasteiger partial charge in [0.15, 0.2) is 0 Å². The van der Waals surface area contributed by atoms with Crippen LogP contribution in [0.1, 0.15) is 26.2 Å². The quantitative estimate of drug-likeness (QED) is 0.621. The Morgan fingerprint density at radius 3 is 2.62 bits per heavy atom. The first-order valence-corrected chi connectivity index (χ1v) is 8.51. The van der Waals surface area contributed by atoms with Crippen LogP contribution >= 0.6 is 0 Å². The Balaban J connectivity index is 2.63. The second-order valence-electron chi connectivity index (χ2n) is 4.52. The van der Waals surface area contributed by atoms with Crippen molar-refractivity contribution < 1.29 is 4.43 Å². The second kappa shape index (κ2) is 4.14. The molecular weight excluding hydrogens is 176 g/mol. The van der Waals surface area contributed by atoms with Gasteiger partial charge in [-0.3, -0.25) is 0 Å². The Bertz CT molecular complexity index is 233. The van der Waals surface area contributed by atoms with Crippen molar-refractivity contribution in [1.82, 2.24) is 0 Å². The molecule has 74 valence electrons. The zero-order chi connectivity index (χ0) is 9.90. The summed E-state index contributed by atoms with van der Waals surface area (Å²) >= 11 is 0. The molecule has 1 aliphatic carbocycles. The number of hydrogen-bond donors (Lipinski definition) is 0. The van der Waals surface area contributed by atoms with Crippen molar-refractivity contribution in [3.8, 4) is 0 Å². The van der Waals surface area contributed by atoms with Gasteiger partial charge in [0.05, 0.1) is 5.76 Å². The first-order chi connectivity index (χ1) is 6.03. The van der Waals surface area contributed by atoms with Crippen LogP contribution in [0.2, 0.25) is 19.6 Å². The summed E-state index contributed by atoms with van der Waals surface area (Å²) < 4.78 is 6.02. The van der Waals surface area contributed by atoms with Gasteiger partial charge in [0, 0.05) is 6.42 Å². The van der Waals surface area contributed by atoms with E-state index in [-0.39, 0.29) is 0 Å². The summed E-state index contributed by atoms with van der Waals surface area (Å²) in [6, 6.07) is 0. The van der Waals surface area contributed by atoms with Gasteiger partial charge in [-0.2, -0.15) is 0 Å². The fourth-order valence-electron chi connectivity index (χ4n) is 1.50. The summed E-state index contributed by atoms with van der Waals surface area (Å²) in [6.45, 7) is 8.93. The molecule has 1 rings (SSSR count). The van der Waals surface area contributed by atoms with Crippen molar-refractivity contribution in [2.45, 2.75) is 45.8 Å². The standard InChI is InChI=1S/C11H20OSi/c1-5-7-10-8-6-9-11(10)12-13(2,3)4/h6,8H,5,7,9H2,1-4H3. The normalized spacial score (nSPS) is 16.9. The molecular formula is C11H20OSi. The summed E-state index contributed by atoms with van der Waals surface area (Å²) in [4.78, 5) is 0. The van der Waals surface area contributed by atoms with Crippen LogP contribution in [-0.2, 0) is 4.43 Å². The third-order valence-corrected chi connectivity index (χ3v) is 2.79. The van der Waals surface area contributed by atoms with Crippen molar-refractivity contribution in [3.63, 3.8) is 0 Å². The first kappa shape index (κ1) is 10.6. The molecule has 0 aromatic carbocycles. The van der Waals surface area contributed by atoms with Gasteiger partial charge in [-0.25, -0.2) is 0 Å². The van der Waals surface area contributed by atoms with Crippen molar-refractivity contribution >= 4 is 8.32 Å². The van der Waals surface area contributed by atoms with E-state index in [0.717, 1.165) is 12.8 Å². The SMILES string of the molecule is CCCC1=C(O[Si](C)(C)C)CC=C1. The molecule has 0 aromatic rings. The van der Waals surface area contributed by atoms with Gasteiger partial charge >= 0.3 is 0 Å². The molecule has 0 amide bonds. The van der Waals surface area contributed by atoms with Crippen LogP contribution in [0.5, 0.6) is 0 Å². The van der Waals surface area contributed by atoms with E-state index >= 15 is 0 Å². The number of rotatable bonds is 4. The van der Waals surface area contributed by atoms with E-state index in [4.69, 9.17) is 4.43 Å². The van der Waals surface area contributed by atoms with Crippen LogP contribution in [0.4, 0.5) is 0 Å². The highest BCUT2D eigenvalue weighted by Crippen LogP contribution is 2.26. The molecule has 0 bridgehead atoms. The summed E-state index contributed by atoms with van der Waals surface area (Å²) in [6.07, 6.45) is 7.81. The molecule has 13 heavy (non-hydrogen) atoms. The maximum atomic E-state index is 6.02. The average molecular weight is 196 g/mol. The first-order valence-electron chi connectivity index (χ1n) is 5.10. The number of allylic oxidation sites excluding steroid dienone is 3.